The number of imidazole rings is 1. The van der Waals surface area contributed by atoms with Crippen LogP contribution in [0.2, 0.25) is 0 Å². The van der Waals surface area contributed by atoms with E-state index in [-0.39, 0.29) is 5.82 Å². The summed E-state index contributed by atoms with van der Waals surface area (Å²) in [5.74, 6) is 1.37. The van der Waals surface area contributed by atoms with Gasteiger partial charge in [-0.05, 0) is 30.7 Å². The van der Waals surface area contributed by atoms with Crippen LogP contribution in [0.3, 0.4) is 0 Å². The first-order chi connectivity index (χ1) is 12.7. The first kappa shape index (κ1) is 16.3. The Hall–Kier alpha value is -3.14. The molecule has 26 heavy (non-hydrogen) atoms. The SMILES string of the molecule is COc1ccc2c(c1)nc(-c1ccccc1C)n2Cc1ccccc1F. The Kier molecular flexibility index (Phi) is 4.17. The lowest BCUT2D eigenvalue weighted by Gasteiger charge is -2.12. The highest BCUT2D eigenvalue weighted by atomic mass is 19.1. The predicted molar refractivity (Wildman–Crippen MR) is 102 cm³/mol. The van der Waals surface area contributed by atoms with E-state index in [1.54, 1.807) is 13.2 Å². The molecule has 0 saturated heterocycles. The van der Waals surface area contributed by atoms with Crippen LogP contribution < -0.4 is 4.74 Å². The number of rotatable bonds is 4. The summed E-state index contributed by atoms with van der Waals surface area (Å²) in [6.07, 6.45) is 0. The molecular weight excluding hydrogens is 327 g/mol. The Morgan fingerprint density at radius 1 is 1.00 bits per heavy atom. The molecule has 4 rings (SSSR count). The lowest BCUT2D eigenvalue weighted by Crippen LogP contribution is -2.04. The highest BCUT2D eigenvalue weighted by Crippen LogP contribution is 2.30. The minimum Gasteiger partial charge on any atom is -0.497 e. The minimum atomic E-state index is -0.210. The van der Waals surface area contributed by atoms with Crippen molar-refractivity contribution in [3.8, 4) is 17.1 Å². The Morgan fingerprint density at radius 2 is 1.77 bits per heavy atom. The van der Waals surface area contributed by atoms with Crippen molar-refractivity contribution < 1.29 is 9.13 Å². The van der Waals surface area contributed by atoms with Crippen molar-refractivity contribution in [1.82, 2.24) is 9.55 Å². The van der Waals surface area contributed by atoms with Gasteiger partial charge in [-0.3, -0.25) is 0 Å². The van der Waals surface area contributed by atoms with Crippen molar-refractivity contribution in [1.29, 1.82) is 0 Å². The van der Waals surface area contributed by atoms with Crippen molar-refractivity contribution in [3.63, 3.8) is 0 Å². The number of nitrogens with zero attached hydrogens (tertiary/aromatic N) is 2. The molecule has 0 radical (unpaired) electrons. The van der Waals surface area contributed by atoms with Gasteiger partial charge >= 0.3 is 0 Å². The number of hydrogen-bond donors (Lipinski definition) is 0. The highest BCUT2D eigenvalue weighted by Gasteiger charge is 2.16. The Bertz CT molecular complexity index is 1080. The van der Waals surface area contributed by atoms with Crippen LogP contribution in [-0.4, -0.2) is 16.7 Å². The van der Waals surface area contributed by atoms with E-state index >= 15 is 0 Å². The van der Waals surface area contributed by atoms with Gasteiger partial charge in [-0.15, -0.1) is 0 Å². The van der Waals surface area contributed by atoms with E-state index in [4.69, 9.17) is 9.72 Å². The molecule has 3 aromatic carbocycles. The quantitative estimate of drug-likeness (QED) is 0.507. The van der Waals surface area contributed by atoms with E-state index in [1.165, 1.54) is 6.07 Å². The number of ether oxygens (including phenoxy) is 1. The summed E-state index contributed by atoms with van der Waals surface area (Å²) in [7, 11) is 1.64. The fraction of sp³-hybridized carbons (Fsp3) is 0.136. The smallest absolute Gasteiger partial charge is 0.141 e. The maximum Gasteiger partial charge on any atom is 0.141 e. The number of methoxy groups -OCH3 is 1. The van der Waals surface area contributed by atoms with Gasteiger partial charge in [-0.25, -0.2) is 9.37 Å². The molecular formula is C22H19FN2O. The van der Waals surface area contributed by atoms with Gasteiger partial charge in [0, 0.05) is 17.2 Å². The molecule has 0 atom stereocenters. The minimum absolute atomic E-state index is 0.210. The number of aryl methyl sites for hydroxylation is 1. The Balaban J connectivity index is 1.95. The monoisotopic (exact) mass is 346 g/mol. The van der Waals surface area contributed by atoms with Crippen LogP contribution in [0.5, 0.6) is 5.75 Å². The normalized spacial score (nSPS) is 11.0. The fourth-order valence-corrected chi connectivity index (χ4v) is 3.22. The van der Waals surface area contributed by atoms with E-state index in [1.807, 2.05) is 48.5 Å². The summed E-state index contributed by atoms with van der Waals surface area (Å²) < 4.78 is 21.7. The molecule has 0 aliphatic rings. The van der Waals surface area contributed by atoms with Gasteiger partial charge < -0.3 is 9.30 Å². The van der Waals surface area contributed by atoms with Gasteiger partial charge in [-0.1, -0.05) is 42.5 Å². The lowest BCUT2D eigenvalue weighted by atomic mass is 10.1. The summed E-state index contributed by atoms with van der Waals surface area (Å²) in [4.78, 5) is 4.84. The van der Waals surface area contributed by atoms with Crippen LogP contribution in [0, 0.1) is 12.7 Å². The summed E-state index contributed by atoms with van der Waals surface area (Å²) >= 11 is 0. The van der Waals surface area contributed by atoms with Crippen LogP contribution in [0.25, 0.3) is 22.4 Å². The topological polar surface area (TPSA) is 27.1 Å². The molecule has 1 aromatic heterocycles. The van der Waals surface area contributed by atoms with Crippen molar-refractivity contribution in [2.24, 2.45) is 0 Å². The van der Waals surface area contributed by atoms with Gasteiger partial charge in [0.1, 0.15) is 17.4 Å². The average Bonchev–Trinajstić information content (AvgIpc) is 3.01. The third-order valence-electron chi connectivity index (χ3n) is 4.63. The number of fused-ring (bicyclic) bond motifs is 1. The third kappa shape index (κ3) is 2.84. The maximum absolute atomic E-state index is 14.3. The van der Waals surface area contributed by atoms with Gasteiger partial charge in [-0.2, -0.15) is 0 Å². The van der Waals surface area contributed by atoms with Gasteiger partial charge in [0.05, 0.1) is 24.7 Å². The molecule has 1 heterocycles. The second-order valence-electron chi connectivity index (χ2n) is 6.28. The van der Waals surface area contributed by atoms with E-state index in [9.17, 15) is 4.39 Å². The molecule has 0 bridgehead atoms. The van der Waals surface area contributed by atoms with Crippen LogP contribution >= 0.6 is 0 Å². The Morgan fingerprint density at radius 3 is 2.54 bits per heavy atom. The standard InChI is InChI=1S/C22H19FN2O/c1-15-7-3-5-9-18(15)22-24-20-13-17(26-2)11-12-21(20)25(22)14-16-8-4-6-10-19(16)23/h3-13H,14H2,1-2H3. The maximum atomic E-state index is 14.3. The Labute approximate surface area is 151 Å². The van der Waals surface area contributed by atoms with Crippen molar-refractivity contribution >= 4 is 11.0 Å². The molecule has 0 amide bonds. The molecule has 0 N–H and O–H groups in total. The van der Waals surface area contributed by atoms with Crippen molar-refractivity contribution in [3.05, 3.63) is 83.7 Å². The molecule has 0 fully saturated rings. The lowest BCUT2D eigenvalue weighted by molar-refractivity contribution is 0.415. The molecule has 130 valence electrons. The van der Waals surface area contributed by atoms with Crippen molar-refractivity contribution in [2.45, 2.75) is 13.5 Å². The molecule has 3 nitrogen and oxygen atoms in total. The molecule has 0 aliphatic heterocycles. The molecule has 0 saturated carbocycles. The zero-order valence-electron chi connectivity index (χ0n) is 14.7. The number of hydrogen-bond acceptors (Lipinski definition) is 2. The summed E-state index contributed by atoms with van der Waals surface area (Å²) in [6, 6.07) is 20.8. The average molecular weight is 346 g/mol. The molecule has 4 heteroatoms. The first-order valence-corrected chi connectivity index (χ1v) is 8.51. The first-order valence-electron chi connectivity index (χ1n) is 8.51. The number of halogens is 1. The van der Waals surface area contributed by atoms with Crippen LogP contribution in [0.4, 0.5) is 4.39 Å². The van der Waals surface area contributed by atoms with E-state index in [0.717, 1.165) is 33.7 Å². The molecule has 0 spiro atoms. The van der Waals surface area contributed by atoms with Crippen LogP contribution in [0.1, 0.15) is 11.1 Å². The molecule has 4 aromatic rings. The van der Waals surface area contributed by atoms with Crippen LogP contribution in [-0.2, 0) is 6.54 Å². The highest BCUT2D eigenvalue weighted by molar-refractivity contribution is 5.82. The summed E-state index contributed by atoms with van der Waals surface area (Å²) in [6.45, 7) is 2.47. The summed E-state index contributed by atoms with van der Waals surface area (Å²) in [5, 5.41) is 0. The molecule has 0 aliphatic carbocycles. The van der Waals surface area contributed by atoms with E-state index < -0.39 is 0 Å². The van der Waals surface area contributed by atoms with Gasteiger partial charge in [0.2, 0.25) is 0 Å². The van der Waals surface area contributed by atoms with Crippen molar-refractivity contribution in [2.75, 3.05) is 7.11 Å². The van der Waals surface area contributed by atoms with Gasteiger partial charge in [0.15, 0.2) is 0 Å². The fourth-order valence-electron chi connectivity index (χ4n) is 3.22. The zero-order chi connectivity index (χ0) is 18.1. The van der Waals surface area contributed by atoms with Crippen LogP contribution in [0.15, 0.2) is 66.7 Å². The van der Waals surface area contributed by atoms with E-state index in [2.05, 4.69) is 17.6 Å². The zero-order valence-corrected chi connectivity index (χ0v) is 14.7. The molecule has 0 unspecified atom stereocenters. The second-order valence-corrected chi connectivity index (χ2v) is 6.28. The number of aromatic nitrogens is 2. The van der Waals surface area contributed by atoms with E-state index in [0.29, 0.717) is 12.1 Å². The largest absolute Gasteiger partial charge is 0.497 e. The number of benzene rings is 3. The summed E-state index contributed by atoms with van der Waals surface area (Å²) in [5.41, 5.74) is 4.59. The second kappa shape index (κ2) is 6.64. The third-order valence-corrected chi connectivity index (χ3v) is 4.63. The predicted octanol–water partition coefficient (Wildman–Crippen LogP) is 5.21. The van der Waals surface area contributed by atoms with Gasteiger partial charge in [0.25, 0.3) is 0 Å².